The highest BCUT2D eigenvalue weighted by Gasteiger charge is 2.21. The van der Waals surface area contributed by atoms with Gasteiger partial charge in [0.2, 0.25) is 11.8 Å². The molecule has 0 aliphatic carbocycles. The SMILES string of the molecule is CCOCC(=O)N1CCN(c2ccc(OC)nn2)CC1. The Kier molecular flexibility index (Phi) is 5.11. The minimum Gasteiger partial charge on any atom is -0.480 e. The van der Waals surface area contributed by atoms with E-state index in [4.69, 9.17) is 9.47 Å². The zero-order valence-corrected chi connectivity index (χ0v) is 11.9. The summed E-state index contributed by atoms with van der Waals surface area (Å²) in [5.74, 6) is 1.36. The molecule has 7 nitrogen and oxygen atoms in total. The van der Waals surface area contributed by atoms with Gasteiger partial charge in [0, 0.05) is 38.9 Å². The number of hydrogen-bond acceptors (Lipinski definition) is 6. The highest BCUT2D eigenvalue weighted by atomic mass is 16.5. The number of rotatable bonds is 5. The first kappa shape index (κ1) is 14.5. The van der Waals surface area contributed by atoms with E-state index in [9.17, 15) is 4.79 Å². The number of amides is 1. The average Bonchev–Trinajstić information content (AvgIpc) is 2.53. The molecule has 1 aliphatic rings. The van der Waals surface area contributed by atoms with E-state index in [0.29, 0.717) is 25.6 Å². The third kappa shape index (κ3) is 3.57. The van der Waals surface area contributed by atoms with Gasteiger partial charge in [-0.3, -0.25) is 4.79 Å². The summed E-state index contributed by atoms with van der Waals surface area (Å²) in [7, 11) is 1.56. The summed E-state index contributed by atoms with van der Waals surface area (Å²) in [4.78, 5) is 15.8. The lowest BCUT2D eigenvalue weighted by Crippen LogP contribution is -2.50. The van der Waals surface area contributed by atoms with Crippen molar-refractivity contribution in [1.29, 1.82) is 0 Å². The van der Waals surface area contributed by atoms with E-state index < -0.39 is 0 Å². The third-order valence-corrected chi connectivity index (χ3v) is 3.22. The van der Waals surface area contributed by atoms with Crippen molar-refractivity contribution < 1.29 is 14.3 Å². The smallest absolute Gasteiger partial charge is 0.248 e. The number of piperazine rings is 1. The van der Waals surface area contributed by atoms with Gasteiger partial charge in [-0.2, -0.15) is 0 Å². The second-order valence-electron chi connectivity index (χ2n) is 4.44. The van der Waals surface area contributed by atoms with Crippen LogP contribution in [0.15, 0.2) is 12.1 Å². The lowest BCUT2D eigenvalue weighted by molar-refractivity contribution is -0.136. The number of carbonyl (C=O) groups is 1. The van der Waals surface area contributed by atoms with Crippen LogP contribution in [0.4, 0.5) is 5.82 Å². The van der Waals surface area contributed by atoms with E-state index in [0.717, 1.165) is 18.9 Å². The zero-order valence-electron chi connectivity index (χ0n) is 11.9. The van der Waals surface area contributed by atoms with Gasteiger partial charge in [0.1, 0.15) is 6.61 Å². The summed E-state index contributed by atoms with van der Waals surface area (Å²) in [6.07, 6.45) is 0. The highest BCUT2D eigenvalue weighted by Crippen LogP contribution is 2.15. The molecule has 1 aromatic heterocycles. The Hall–Kier alpha value is -1.89. The molecule has 2 heterocycles. The van der Waals surface area contributed by atoms with Gasteiger partial charge in [0.15, 0.2) is 5.82 Å². The Labute approximate surface area is 118 Å². The molecule has 2 rings (SSSR count). The molecule has 0 N–H and O–H groups in total. The summed E-state index contributed by atoms with van der Waals surface area (Å²) in [6.45, 7) is 5.47. The molecule has 1 saturated heterocycles. The first-order chi connectivity index (χ1) is 9.74. The fraction of sp³-hybridized carbons (Fsp3) is 0.615. The zero-order chi connectivity index (χ0) is 14.4. The minimum atomic E-state index is 0.0484. The number of carbonyl (C=O) groups excluding carboxylic acids is 1. The average molecular weight is 280 g/mol. The fourth-order valence-electron chi connectivity index (χ4n) is 2.06. The molecule has 0 atom stereocenters. The third-order valence-electron chi connectivity index (χ3n) is 3.22. The van der Waals surface area contributed by atoms with Crippen molar-refractivity contribution in [2.75, 3.05) is 51.4 Å². The van der Waals surface area contributed by atoms with E-state index in [1.165, 1.54) is 0 Å². The molecular weight excluding hydrogens is 260 g/mol. The Morgan fingerprint density at radius 3 is 2.55 bits per heavy atom. The second-order valence-corrected chi connectivity index (χ2v) is 4.44. The van der Waals surface area contributed by atoms with Crippen LogP contribution in [0.1, 0.15) is 6.92 Å². The summed E-state index contributed by atoms with van der Waals surface area (Å²) in [5, 5.41) is 8.07. The quantitative estimate of drug-likeness (QED) is 0.766. The van der Waals surface area contributed by atoms with Crippen LogP contribution < -0.4 is 9.64 Å². The largest absolute Gasteiger partial charge is 0.480 e. The Morgan fingerprint density at radius 1 is 1.25 bits per heavy atom. The van der Waals surface area contributed by atoms with Crippen molar-refractivity contribution in [2.24, 2.45) is 0 Å². The van der Waals surface area contributed by atoms with Crippen LogP contribution >= 0.6 is 0 Å². The van der Waals surface area contributed by atoms with Crippen LogP contribution in [0.5, 0.6) is 5.88 Å². The van der Waals surface area contributed by atoms with Gasteiger partial charge in [-0.05, 0) is 13.0 Å². The van der Waals surface area contributed by atoms with Crippen LogP contribution in [0.3, 0.4) is 0 Å². The molecule has 0 spiro atoms. The molecule has 1 aliphatic heterocycles. The van der Waals surface area contributed by atoms with Gasteiger partial charge in [-0.15, -0.1) is 10.2 Å². The maximum absolute atomic E-state index is 11.8. The number of nitrogens with zero attached hydrogens (tertiary/aromatic N) is 4. The monoisotopic (exact) mass is 280 g/mol. The molecule has 0 saturated carbocycles. The molecule has 7 heteroatoms. The first-order valence-corrected chi connectivity index (χ1v) is 6.72. The van der Waals surface area contributed by atoms with Crippen molar-refractivity contribution >= 4 is 11.7 Å². The van der Waals surface area contributed by atoms with E-state index in [1.54, 1.807) is 13.2 Å². The fourth-order valence-corrected chi connectivity index (χ4v) is 2.06. The molecular formula is C13H20N4O3. The second kappa shape index (κ2) is 7.04. The van der Waals surface area contributed by atoms with Gasteiger partial charge >= 0.3 is 0 Å². The lowest BCUT2D eigenvalue weighted by atomic mass is 10.3. The van der Waals surface area contributed by atoms with E-state index in [2.05, 4.69) is 15.1 Å². The molecule has 20 heavy (non-hydrogen) atoms. The molecule has 0 radical (unpaired) electrons. The Balaban J connectivity index is 1.85. The maximum atomic E-state index is 11.8. The van der Waals surface area contributed by atoms with Gasteiger partial charge in [0.05, 0.1) is 7.11 Å². The molecule has 1 amide bonds. The van der Waals surface area contributed by atoms with Crippen molar-refractivity contribution in [2.45, 2.75) is 6.92 Å². The predicted molar refractivity (Wildman–Crippen MR) is 73.9 cm³/mol. The highest BCUT2D eigenvalue weighted by molar-refractivity contribution is 5.77. The molecule has 1 fully saturated rings. The van der Waals surface area contributed by atoms with Crippen LogP contribution in [-0.4, -0.2) is 67.5 Å². The topological polar surface area (TPSA) is 67.8 Å². The number of ether oxygens (including phenoxy) is 2. The molecule has 0 bridgehead atoms. The van der Waals surface area contributed by atoms with Crippen LogP contribution in [0, 0.1) is 0 Å². The van der Waals surface area contributed by atoms with Crippen molar-refractivity contribution in [1.82, 2.24) is 15.1 Å². The number of methoxy groups -OCH3 is 1. The van der Waals surface area contributed by atoms with Gasteiger partial charge < -0.3 is 19.3 Å². The number of aromatic nitrogens is 2. The van der Waals surface area contributed by atoms with Crippen molar-refractivity contribution in [3.05, 3.63) is 12.1 Å². The lowest BCUT2D eigenvalue weighted by Gasteiger charge is -2.35. The Morgan fingerprint density at radius 2 is 2.00 bits per heavy atom. The molecule has 110 valence electrons. The molecule has 1 aromatic rings. The normalized spacial score (nSPS) is 15.3. The van der Waals surface area contributed by atoms with E-state index in [-0.39, 0.29) is 12.5 Å². The summed E-state index contributed by atoms with van der Waals surface area (Å²) < 4.78 is 10.1. The Bertz CT molecular complexity index is 430. The van der Waals surface area contributed by atoms with Gasteiger partial charge in [-0.1, -0.05) is 0 Å². The molecule has 0 aromatic carbocycles. The van der Waals surface area contributed by atoms with Crippen LogP contribution in [-0.2, 0) is 9.53 Å². The standard InChI is InChI=1S/C13H20N4O3/c1-3-20-10-13(18)17-8-6-16(7-9-17)11-4-5-12(19-2)15-14-11/h4-5H,3,6-10H2,1-2H3. The summed E-state index contributed by atoms with van der Waals surface area (Å²) >= 11 is 0. The maximum Gasteiger partial charge on any atom is 0.248 e. The summed E-state index contributed by atoms with van der Waals surface area (Å²) in [5.41, 5.74) is 0. The van der Waals surface area contributed by atoms with Crippen molar-refractivity contribution in [3.63, 3.8) is 0 Å². The minimum absolute atomic E-state index is 0.0484. The predicted octanol–water partition coefficient (Wildman–Crippen LogP) is 0.170. The van der Waals surface area contributed by atoms with Crippen LogP contribution in [0.25, 0.3) is 0 Å². The number of hydrogen-bond donors (Lipinski definition) is 0. The molecule has 0 unspecified atom stereocenters. The van der Waals surface area contributed by atoms with Gasteiger partial charge in [0.25, 0.3) is 0 Å². The van der Waals surface area contributed by atoms with Crippen molar-refractivity contribution in [3.8, 4) is 5.88 Å². The number of anilines is 1. The first-order valence-electron chi connectivity index (χ1n) is 6.72. The van der Waals surface area contributed by atoms with Crippen LogP contribution in [0.2, 0.25) is 0 Å². The van der Waals surface area contributed by atoms with E-state index in [1.807, 2.05) is 17.9 Å². The summed E-state index contributed by atoms with van der Waals surface area (Å²) in [6, 6.07) is 3.67. The van der Waals surface area contributed by atoms with Gasteiger partial charge in [-0.25, -0.2) is 0 Å². The van der Waals surface area contributed by atoms with E-state index >= 15 is 0 Å².